The Kier molecular flexibility index (Phi) is 3.04. The lowest BCUT2D eigenvalue weighted by atomic mass is 9.93. The summed E-state index contributed by atoms with van der Waals surface area (Å²) in [6.45, 7) is 3.61. The maximum Gasteiger partial charge on any atom is 0.329 e. The molecule has 1 saturated carbocycles. The number of cyclic esters (lactones) is 1. The second-order valence-corrected chi connectivity index (χ2v) is 6.47. The molecule has 1 saturated heterocycles. The number of carbonyl (C=O) groups excluding carboxylic acids is 2. The summed E-state index contributed by atoms with van der Waals surface area (Å²) in [7, 11) is 0. The first-order valence-electron chi connectivity index (χ1n) is 7.13. The summed E-state index contributed by atoms with van der Waals surface area (Å²) in [5.41, 5.74) is -0.977. The third kappa shape index (κ3) is 2.41. The van der Waals surface area contributed by atoms with E-state index in [-0.39, 0.29) is 11.7 Å². The summed E-state index contributed by atoms with van der Waals surface area (Å²) in [5, 5.41) is 2.73. The Morgan fingerprint density at radius 1 is 1.33 bits per heavy atom. The Morgan fingerprint density at radius 3 is 2.52 bits per heavy atom. The number of benzene rings is 1. The van der Waals surface area contributed by atoms with Crippen LogP contribution in [0.1, 0.15) is 38.7 Å². The summed E-state index contributed by atoms with van der Waals surface area (Å²) in [4.78, 5) is 24.3. The Balaban J connectivity index is 1.78. The molecule has 21 heavy (non-hydrogen) atoms. The van der Waals surface area contributed by atoms with Crippen LogP contribution in [0.5, 0.6) is 0 Å². The van der Waals surface area contributed by atoms with E-state index >= 15 is 0 Å². The van der Waals surface area contributed by atoms with Gasteiger partial charge in [0.15, 0.2) is 0 Å². The van der Waals surface area contributed by atoms with Crippen molar-refractivity contribution >= 4 is 11.9 Å². The zero-order valence-corrected chi connectivity index (χ0v) is 12.1. The Bertz CT molecular complexity index is 607. The number of hydrogen-bond acceptors (Lipinski definition) is 3. The van der Waals surface area contributed by atoms with E-state index in [1.807, 2.05) is 0 Å². The van der Waals surface area contributed by atoms with Gasteiger partial charge in [-0.1, -0.05) is 18.2 Å². The highest BCUT2D eigenvalue weighted by Crippen LogP contribution is 2.49. The number of ether oxygens (including phenoxy) is 1. The van der Waals surface area contributed by atoms with Gasteiger partial charge in [-0.05, 0) is 32.8 Å². The van der Waals surface area contributed by atoms with Crippen LogP contribution in [0.2, 0.25) is 0 Å². The highest BCUT2D eigenvalue weighted by molar-refractivity contribution is 5.94. The molecule has 0 radical (unpaired) electrons. The summed E-state index contributed by atoms with van der Waals surface area (Å²) < 4.78 is 19.1. The van der Waals surface area contributed by atoms with Crippen LogP contribution in [0.4, 0.5) is 4.39 Å². The summed E-state index contributed by atoms with van der Waals surface area (Å²) in [5.74, 6) is -1.08. The molecule has 0 bridgehead atoms. The average Bonchev–Trinajstić information content (AvgIpc) is 3.14. The number of halogens is 1. The monoisotopic (exact) mass is 291 g/mol. The molecule has 1 aliphatic heterocycles. The SMILES string of the molecule is CC1(C)C[C@H](NC(=O)C2(c3ccccc3F)CC2)C(=O)O1. The lowest BCUT2D eigenvalue weighted by Crippen LogP contribution is -2.44. The number of carbonyl (C=O) groups is 2. The van der Waals surface area contributed by atoms with Crippen LogP contribution in [0, 0.1) is 5.82 Å². The van der Waals surface area contributed by atoms with Crippen molar-refractivity contribution in [2.45, 2.75) is 50.2 Å². The number of rotatable bonds is 3. The van der Waals surface area contributed by atoms with Crippen LogP contribution >= 0.6 is 0 Å². The van der Waals surface area contributed by atoms with Crippen molar-refractivity contribution in [1.82, 2.24) is 5.32 Å². The maximum atomic E-state index is 13.9. The van der Waals surface area contributed by atoms with Crippen LogP contribution < -0.4 is 5.32 Å². The number of esters is 1. The largest absolute Gasteiger partial charge is 0.458 e. The minimum atomic E-state index is -0.821. The van der Waals surface area contributed by atoms with Crippen LogP contribution in [0.25, 0.3) is 0 Å². The van der Waals surface area contributed by atoms with Gasteiger partial charge in [0.05, 0.1) is 5.41 Å². The first kappa shape index (κ1) is 14.0. The number of amides is 1. The van der Waals surface area contributed by atoms with Crippen LogP contribution in [0.15, 0.2) is 24.3 Å². The molecular formula is C16H18FNO3. The van der Waals surface area contributed by atoms with E-state index in [0.717, 1.165) is 0 Å². The second kappa shape index (κ2) is 4.55. The molecule has 1 aromatic carbocycles. The van der Waals surface area contributed by atoms with Crippen LogP contribution in [0.3, 0.4) is 0 Å². The van der Waals surface area contributed by atoms with E-state index < -0.39 is 23.0 Å². The van der Waals surface area contributed by atoms with E-state index in [1.165, 1.54) is 6.07 Å². The van der Waals surface area contributed by atoms with Crippen molar-refractivity contribution < 1.29 is 18.7 Å². The maximum absolute atomic E-state index is 13.9. The van der Waals surface area contributed by atoms with Crippen molar-refractivity contribution in [2.24, 2.45) is 0 Å². The van der Waals surface area contributed by atoms with Crippen molar-refractivity contribution in [3.63, 3.8) is 0 Å². The van der Waals surface area contributed by atoms with Gasteiger partial charge in [-0.15, -0.1) is 0 Å². The normalized spacial score (nSPS) is 25.3. The van der Waals surface area contributed by atoms with Crippen molar-refractivity contribution in [3.05, 3.63) is 35.6 Å². The first-order valence-corrected chi connectivity index (χ1v) is 7.13. The standard InChI is InChI=1S/C16H18FNO3/c1-15(2)9-12(13(19)21-15)18-14(20)16(7-8-16)10-5-3-4-6-11(10)17/h3-6,12H,7-9H2,1-2H3,(H,18,20)/t12-/m0/s1. The minimum Gasteiger partial charge on any atom is -0.458 e. The topological polar surface area (TPSA) is 55.4 Å². The molecular weight excluding hydrogens is 273 g/mol. The highest BCUT2D eigenvalue weighted by Gasteiger charge is 2.54. The molecule has 1 heterocycles. The smallest absolute Gasteiger partial charge is 0.329 e. The Morgan fingerprint density at radius 2 is 2.00 bits per heavy atom. The molecule has 1 amide bonds. The van der Waals surface area contributed by atoms with Gasteiger partial charge in [-0.3, -0.25) is 4.79 Å². The second-order valence-electron chi connectivity index (χ2n) is 6.47. The molecule has 1 N–H and O–H groups in total. The van der Waals surface area contributed by atoms with Crippen molar-refractivity contribution in [1.29, 1.82) is 0 Å². The summed E-state index contributed by atoms with van der Waals surface area (Å²) >= 11 is 0. The quantitative estimate of drug-likeness (QED) is 0.867. The van der Waals surface area contributed by atoms with Crippen molar-refractivity contribution in [3.8, 4) is 0 Å². The van der Waals surface area contributed by atoms with Gasteiger partial charge in [-0.25, -0.2) is 9.18 Å². The van der Waals surface area contributed by atoms with Gasteiger partial charge in [-0.2, -0.15) is 0 Å². The molecule has 0 unspecified atom stereocenters. The molecule has 5 heteroatoms. The van der Waals surface area contributed by atoms with Crippen LogP contribution in [-0.4, -0.2) is 23.5 Å². The molecule has 2 aliphatic rings. The molecule has 112 valence electrons. The lowest BCUT2D eigenvalue weighted by Gasteiger charge is -2.19. The molecule has 1 aromatic rings. The predicted molar refractivity (Wildman–Crippen MR) is 74.0 cm³/mol. The number of nitrogens with one attached hydrogen (secondary N) is 1. The molecule has 3 rings (SSSR count). The van der Waals surface area contributed by atoms with Crippen molar-refractivity contribution in [2.75, 3.05) is 0 Å². The highest BCUT2D eigenvalue weighted by atomic mass is 19.1. The molecule has 1 aliphatic carbocycles. The van der Waals surface area contributed by atoms with Gasteiger partial charge in [0, 0.05) is 12.0 Å². The first-order chi connectivity index (χ1) is 9.84. The van der Waals surface area contributed by atoms with E-state index in [1.54, 1.807) is 32.0 Å². The van der Waals surface area contributed by atoms with Gasteiger partial charge >= 0.3 is 5.97 Å². The molecule has 2 fully saturated rings. The zero-order chi connectivity index (χ0) is 15.3. The molecule has 0 aromatic heterocycles. The number of hydrogen-bond donors (Lipinski definition) is 1. The fourth-order valence-electron chi connectivity index (χ4n) is 2.96. The minimum absolute atomic E-state index is 0.285. The van der Waals surface area contributed by atoms with Gasteiger partial charge < -0.3 is 10.1 Å². The summed E-state index contributed by atoms with van der Waals surface area (Å²) in [6.07, 6.45) is 1.64. The Labute approximate surface area is 122 Å². The molecule has 0 spiro atoms. The fourth-order valence-corrected chi connectivity index (χ4v) is 2.96. The van der Waals surface area contributed by atoms with Gasteiger partial charge in [0.25, 0.3) is 0 Å². The van der Waals surface area contributed by atoms with E-state index in [0.29, 0.717) is 24.8 Å². The van der Waals surface area contributed by atoms with E-state index in [4.69, 9.17) is 4.74 Å². The van der Waals surface area contributed by atoms with Gasteiger partial charge in [0.2, 0.25) is 5.91 Å². The van der Waals surface area contributed by atoms with E-state index in [9.17, 15) is 14.0 Å². The average molecular weight is 291 g/mol. The third-order valence-corrected chi connectivity index (χ3v) is 4.24. The lowest BCUT2D eigenvalue weighted by molar-refractivity contribution is -0.148. The molecule has 1 atom stereocenters. The fraction of sp³-hybridized carbons (Fsp3) is 0.500. The van der Waals surface area contributed by atoms with Crippen LogP contribution in [-0.2, 0) is 19.7 Å². The third-order valence-electron chi connectivity index (χ3n) is 4.24. The molecule has 4 nitrogen and oxygen atoms in total. The van der Waals surface area contributed by atoms with E-state index in [2.05, 4.69) is 5.32 Å². The zero-order valence-electron chi connectivity index (χ0n) is 12.1. The van der Waals surface area contributed by atoms with Gasteiger partial charge in [0.1, 0.15) is 17.5 Å². The Hall–Kier alpha value is -1.91. The predicted octanol–water partition coefficient (Wildman–Crippen LogP) is 2.07. The summed E-state index contributed by atoms with van der Waals surface area (Å²) in [6, 6.07) is 5.67.